The number of rotatable bonds is 6. The number of amides is 2. The minimum absolute atomic E-state index is 0.0909. The van der Waals surface area contributed by atoms with Crippen molar-refractivity contribution in [3.05, 3.63) is 58.7 Å². The molecular weight excluding hydrogens is 378 g/mol. The number of hydrogen-bond donors (Lipinski definition) is 2. The number of fused-ring (bicyclic) bond motifs is 1. The highest BCUT2D eigenvalue weighted by Gasteiger charge is 2.46. The summed E-state index contributed by atoms with van der Waals surface area (Å²) < 4.78 is 11.9. The van der Waals surface area contributed by atoms with E-state index < -0.39 is 11.4 Å². The van der Waals surface area contributed by atoms with Crippen LogP contribution in [-0.2, 0) is 16.1 Å². The molecule has 1 aliphatic rings. The fraction of sp³-hybridized carbons (Fsp3) is 0.250. The number of aryl methyl sites for hydroxylation is 1. The lowest BCUT2D eigenvalue weighted by Crippen LogP contribution is -2.69. The SMILES string of the molecule is Cc1sc2ccc(OCc3ccccn3)cc2c1C(=O)NC1(C(N)=O)COC1. The number of nitrogens with one attached hydrogen (secondary N) is 1. The summed E-state index contributed by atoms with van der Waals surface area (Å²) in [4.78, 5) is 29.8. The number of thiophene rings is 1. The van der Waals surface area contributed by atoms with Crippen molar-refractivity contribution >= 4 is 33.2 Å². The van der Waals surface area contributed by atoms with Gasteiger partial charge in [0.2, 0.25) is 5.91 Å². The lowest BCUT2D eigenvalue weighted by Gasteiger charge is -2.38. The number of carbonyl (C=O) groups excluding carboxylic acids is 2. The number of hydrogen-bond acceptors (Lipinski definition) is 6. The Bertz CT molecular complexity index is 1040. The zero-order valence-electron chi connectivity index (χ0n) is 15.2. The highest BCUT2D eigenvalue weighted by atomic mass is 32.1. The molecule has 28 heavy (non-hydrogen) atoms. The number of ether oxygens (including phenoxy) is 2. The Kier molecular flexibility index (Phi) is 4.74. The topological polar surface area (TPSA) is 104 Å². The van der Waals surface area contributed by atoms with Gasteiger partial charge in [-0.2, -0.15) is 0 Å². The Morgan fingerprint density at radius 2 is 2.14 bits per heavy atom. The molecule has 3 heterocycles. The molecule has 3 N–H and O–H groups in total. The molecule has 0 radical (unpaired) electrons. The van der Waals surface area contributed by atoms with E-state index in [0.29, 0.717) is 17.9 Å². The van der Waals surface area contributed by atoms with Crippen LogP contribution in [0, 0.1) is 6.92 Å². The van der Waals surface area contributed by atoms with Gasteiger partial charge in [0.1, 0.15) is 12.4 Å². The van der Waals surface area contributed by atoms with Gasteiger partial charge in [0, 0.05) is 21.2 Å². The van der Waals surface area contributed by atoms with E-state index in [1.54, 1.807) is 6.20 Å². The van der Waals surface area contributed by atoms with Crippen LogP contribution >= 0.6 is 11.3 Å². The highest BCUT2D eigenvalue weighted by molar-refractivity contribution is 7.19. The van der Waals surface area contributed by atoms with Crippen LogP contribution in [-0.4, -0.2) is 35.6 Å². The number of nitrogens with two attached hydrogens (primary N) is 1. The Morgan fingerprint density at radius 1 is 1.32 bits per heavy atom. The van der Waals surface area contributed by atoms with E-state index >= 15 is 0 Å². The third kappa shape index (κ3) is 3.32. The quantitative estimate of drug-likeness (QED) is 0.663. The zero-order chi connectivity index (χ0) is 19.7. The zero-order valence-corrected chi connectivity index (χ0v) is 16.0. The molecule has 2 aromatic heterocycles. The van der Waals surface area contributed by atoms with E-state index in [0.717, 1.165) is 20.7 Å². The smallest absolute Gasteiger partial charge is 0.254 e. The lowest BCUT2D eigenvalue weighted by molar-refractivity contribution is -0.143. The van der Waals surface area contributed by atoms with Gasteiger partial charge in [-0.3, -0.25) is 14.6 Å². The first-order valence-corrected chi connectivity index (χ1v) is 9.56. The van der Waals surface area contributed by atoms with Crippen molar-refractivity contribution in [3.8, 4) is 5.75 Å². The van der Waals surface area contributed by atoms with Gasteiger partial charge < -0.3 is 20.5 Å². The fourth-order valence-corrected chi connectivity index (χ4v) is 4.12. The van der Waals surface area contributed by atoms with Crippen molar-refractivity contribution in [2.75, 3.05) is 13.2 Å². The molecular formula is C20H19N3O4S. The first kappa shape index (κ1) is 18.4. The molecule has 7 nitrogen and oxygen atoms in total. The average Bonchev–Trinajstić information content (AvgIpc) is 2.98. The van der Waals surface area contributed by atoms with E-state index in [1.807, 2.05) is 43.3 Å². The van der Waals surface area contributed by atoms with E-state index in [1.165, 1.54) is 11.3 Å². The third-order valence-electron chi connectivity index (χ3n) is 4.70. The molecule has 0 spiro atoms. The van der Waals surface area contributed by atoms with Crippen molar-refractivity contribution in [1.29, 1.82) is 0 Å². The summed E-state index contributed by atoms with van der Waals surface area (Å²) in [7, 11) is 0. The average molecular weight is 397 g/mol. The summed E-state index contributed by atoms with van der Waals surface area (Å²) in [5.41, 5.74) is 5.65. The predicted molar refractivity (Wildman–Crippen MR) is 105 cm³/mol. The summed E-state index contributed by atoms with van der Waals surface area (Å²) >= 11 is 1.51. The number of aromatic nitrogens is 1. The summed E-state index contributed by atoms with van der Waals surface area (Å²) in [6, 6.07) is 11.3. The van der Waals surface area contributed by atoms with Crippen molar-refractivity contribution in [3.63, 3.8) is 0 Å². The molecule has 2 amide bonds. The summed E-state index contributed by atoms with van der Waals surface area (Å²) in [5, 5.41) is 3.54. The van der Waals surface area contributed by atoms with Crippen LogP contribution in [0.3, 0.4) is 0 Å². The van der Waals surface area contributed by atoms with Gasteiger partial charge in [-0.25, -0.2) is 0 Å². The third-order valence-corrected chi connectivity index (χ3v) is 5.78. The van der Waals surface area contributed by atoms with Gasteiger partial charge in [-0.05, 0) is 37.3 Å². The Morgan fingerprint density at radius 3 is 2.79 bits per heavy atom. The van der Waals surface area contributed by atoms with Crippen molar-refractivity contribution in [1.82, 2.24) is 10.3 Å². The summed E-state index contributed by atoms with van der Waals surface area (Å²) in [6.45, 7) is 2.39. The summed E-state index contributed by atoms with van der Waals surface area (Å²) in [5.74, 6) is -0.294. The normalized spacial score (nSPS) is 15.0. The molecule has 0 bridgehead atoms. The molecule has 1 saturated heterocycles. The van der Waals surface area contributed by atoms with Crippen LogP contribution in [0.2, 0.25) is 0 Å². The largest absolute Gasteiger partial charge is 0.487 e. The van der Waals surface area contributed by atoms with Gasteiger partial charge in [0.05, 0.1) is 24.5 Å². The Hall–Kier alpha value is -2.97. The first-order valence-electron chi connectivity index (χ1n) is 8.74. The molecule has 0 atom stereocenters. The van der Waals surface area contributed by atoms with Crippen LogP contribution in [0.15, 0.2) is 42.6 Å². The lowest BCUT2D eigenvalue weighted by atomic mass is 9.95. The molecule has 8 heteroatoms. The van der Waals surface area contributed by atoms with Gasteiger partial charge in [0.25, 0.3) is 5.91 Å². The predicted octanol–water partition coefficient (Wildman–Crippen LogP) is 2.17. The molecule has 1 fully saturated rings. The fourth-order valence-electron chi connectivity index (χ4n) is 3.07. The van der Waals surface area contributed by atoms with E-state index in [9.17, 15) is 9.59 Å². The minimum Gasteiger partial charge on any atom is -0.487 e. The summed E-state index contributed by atoms with van der Waals surface area (Å²) in [6.07, 6.45) is 1.71. The van der Waals surface area contributed by atoms with Crippen LogP contribution in [0.4, 0.5) is 0 Å². The van der Waals surface area contributed by atoms with Crippen molar-refractivity contribution in [2.45, 2.75) is 19.1 Å². The molecule has 1 aromatic carbocycles. The van der Waals surface area contributed by atoms with Gasteiger partial charge >= 0.3 is 0 Å². The van der Waals surface area contributed by atoms with E-state index in [2.05, 4.69) is 10.3 Å². The second-order valence-corrected chi connectivity index (χ2v) is 7.95. The molecule has 3 aromatic rings. The maximum Gasteiger partial charge on any atom is 0.254 e. The molecule has 0 unspecified atom stereocenters. The number of carbonyl (C=O) groups is 2. The molecule has 1 aliphatic heterocycles. The van der Waals surface area contributed by atoms with Crippen LogP contribution in [0.1, 0.15) is 20.9 Å². The maximum absolute atomic E-state index is 12.9. The van der Waals surface area contributed by atoms with Crippen LogP contribution in [0.25, 0.3) is 10.1 Å². The highest BCUT2D eigenvalue weighted by Crippen LogP contribution is 2.34. The molecule has 0 aliphatic carbocycles. The van der Waals surface area contributed by atoms with E-state index in [-0.39, 0.29) is 19.1 Å². The number of nitrogens with zero attached hydrogens (tertiary/aromatic N) is 1. The maximum atomic E-state index is 12.9. The Balaban J connectivity index is 1.60. The van der Waals surface area contributed by atoms with Gasteiger partial charge in [0.15, 0.2) is 5.54 Å². The number of primary amides is 1. The second-order valence-electron chi connectivity index (χ2n) is 6.69. The van der Waals surface area contributed by atoms with Crippen molar-refractivity contribution in [2.24, 2.45) is 5.73 Å². The molecule has 144 valence electrons. The van der Waals surface area contributed by atoms with Gasteiger partial charge in [-0.15, -0.1) is 11.3 Å². The van der Waals surface area contributed by atoms with Crippen molar-refractivity contribution < 1.29 is 19.1 Å². The van der Waals surface area contributed by atoms with Gasteiger partial charge in [-0.1, -0.05) is 6.07 Å². The van der Waals surface area contributed by atoms with E-state index in [4.69, 9.17) is 15.2 Å². The van der Waals surface area contributed by atoms with Crippen LogP contribution < -0.4 is 15.8 Å². The van der Waals surface area contributed by atoms with Crippen LogP contribution in [0.5, 0.6) is 5.75 Å². The first-order chi connectivity index (χ1) is 13.5. The Labute approximate surface area is 165 Å². The number of benzene rings is 1. The molecule has 0 saturated carbocycles. The minimum atomic E-state index is -1.13. The monoisotopic (exact) mass is 397 g/mol. The number of pyridine rings is 1. The standard InChI is InChI=1S/C20H19N3O4S/c1-12-17(18(24)23-20(19(21)25)10-26-11-20)15-8-14(5-6-16(15)28-12)27-9-13-4-2-3-7-22-13/h2-8H,9-11H2,1H3,(H2,21,25)(H,23,24). The molecule has 4 rings (SSSR count). The second kappa shape index (κ2) is 7.21.